The highest BCUT2D eigenvalue weighted by Gasteiger charge is 2.19. The van der Waals surface area contributed by atoms with E-state index in [9.17, 15) is 4.79 Å². The summed E-state index contributed by atoms with van der Waals surface area (Å²) in [7, 11) is 0. The van der Waals surface area contributed by atoms with Gasteiger partial charge in [-0.25, -0.2) is 0 Å². The zero-order valence-corrected chi connectivity index (χ0v) is 10.3. The summed E-state index contributed by atoms with van der Waals surface area (Å²) in [5.74, 6) is 0.259. The topological polar surface area (TPSA) is 26.3 Å². The van der Waals surface area contributed by atoms with Gasteiger partial charge in [-0.1, -0.05) is 57.5 Å². The summed E-state index contributed by atoms with van der Waals surface area (Å²) in [5.41, 5.74) is 1.03. The van der Waals surface area contributed by atoms with Crippen molar-refractivity contribution < 1.29 is 9.53 Å². The Kier molecular flexibility index (Phi) is 5.03. The fraction of sp³-hybridized carbons (Fsp3) is 0.500. The molecule has 2 heteroatoms. The van der Waals surface area contributed by atoms with Crippen LogP contribution in [0.2, 0.25) is 0 Å². The van der Waals surface area contributed by atoms with Crippen molar-refractivity contribution in [1.82, 2.24) is 0 Å². The van der Waals surface area contributed by atoms with Gasteiger partial charge in [0.25, 0.3) is 0 Å². The van der Waals surface area contributed by atoms with Gasteiger partial charge in [-0.2, -0.15) is 0 Å². The van der Waals surface area contributed by atoms with Gasteiger partial charge in [0.1, 0.15) is 6.61 Å². The number of hydrogen-bond acceptors (Lipinski definition) is 2. The lowest BCUT2D eigenvalue weighted by atomic mass is 9.94. The Balaban J connectivity index is 2.41. The van der Waals surface area contributed by atoms with Crippen molar-refractivity contribution >= 4 is 5.97 Å². The Bertz CT molecular complexity index is 319. The molecule has 16 heavy (non-hydrogen) atoms. The molecule has 0 aliphatic heterocycles. The van der Waals surface area contributed by atoms with Gasteiger partial charge in [-0.05, 0) is 11.5 Å². The minimum absolute atomic E-state index is 0.0197. The van der Waals surface area contributed by atoms with Gasteiger partial charge < -0.3 is 4.74 Å². The first kappa shape index (κ1) is 12.8. The van der Waals surface area contributed by atoms with E-state index in [1.54, 1.807) is 0 Å². The van der Waals surface area contributed by atoms with Crippen LogP contribution in [0.1, 0.15) is 32.8 Å². The number of esters is 1. The number of carbonyl (C=O) groups is 1. The van der Waals surface area contributed by atoms with Crippen LogP contribution in [0.25, 0.3) is 0 Å². The number of benzene rings is 1. The molecule has 0 N–H and O–H groups in total. The van der Waals surface area contributed by atoms with E-state index in [-0.39, 0.29) is 11.9 Å². The molecule has 1 unspecified atom stereocenters. The Hall–Kier alpha value is -1.31. The van der Waals surface area contributed by atoms with Gasteiger partial charge >= 0.3 is 5.97 Å². The highest BCUT2D eigenvalue weighted by atomic mass is 16.5. The quantitative estimate of drug-likeness (QED) is 0.711. The van der Waals surface area contributed by atoms with E-state index in [1.165, 1.54) is 0 Å². The van der Waals surface area contributed by atoms with Gasteiger partial charge in [0.2, 0.25) is 0 Å². The molecule has 0 fully saturated rings. The van der Waals surface area contributed by atoms with E-state index in [2.05, 4.69) is 13.8 Å². The third-order valence-electron chi connectivity index (χ3n) is 3.09. The molecule has 0 amide bonds. The van der Waals surface area contributed by atoms with Crippen LogP contribution in [0.3, 0.4) is 0 Å². The van der Waals surface area contributed by atoms with Crippen LogP contribution in [0.15, 0.2) is 30.3 Å². The maximum absolute atomic E-state index is 11.7. The van der Waals surface area contributed by atoms with E-state index in [4.69, 9.17) is 4.74 Å². The second-order valence-electron chi connectivity index (χ2n) is 4.27. The SMILES string of the molecule is CCC(C)[C@H](C)C(=O)OCc1ccccc1. The van der Waals surface area contributed by atoms with Gasteiger partial charge in [-0.15, -0.1) is 0 Å². The molecule has 0 aromatic heterocycles. The van der Waals surface area contributed by atoms with E-state index in [1.807, 2.05) is 37.3 Å². The molecule has 0 heterocycles. The Labute approximate surface area is 97.6 Å². The number of rotatable bonds is 5. The lowest BCUT2D eigenvalue weighted by Crippen LogP contribution is -2.20. The zero-order chi connectivity index (χ0) is 12.0. The van der Waals surface area contributed by atoms with Gasteiger partial charge in [0.05, 0.1) is 5.92 Å². The number of ether oxygens (including phenoxy) is 1. The maximum atomic E-state index is 11.7. The molecule has 0 saturated heterocycles. The predicted molar refractivity (Wildman–Crippen MR) is 64.9 cm³/mol. The van der Waals surface area contributed by atoms with E-state index >= 15 is 0 Å². The summed E-state index contributed by atoms with van der Waals surface area (Å²) >= 11 is 0. The van der Waals surface area contributed by atoms with Crippen LogP contribution in [0.4, 0.5) is 0 Å². The van der Waals surface area contributed by atoms with Gasteiger partial charge in [0.15, 0.2) is 0 Å². The van der Waals surface area contributed by atoms with Gasteiger partial charge in [0, 0.05) is 0 Å². The minimum atomic E-state index is -0.0989. The molecule has 1 aromatic rings. The molecule has 1 aromatic carbocycles. The van der Waals surface area contributed by atoms with E-state index < -0.39 is 0 Å². The largest absolute Gasteiger partial charge is 0.461 e. The first-order chi connectivity index (χ1) is 7.65. The lowest BCUT2D eigenvalue weighted by Gasteiger charge is -2.16. The zero-order valence-electron chi connectivity index (χ0n) is 10.3. The molecular weight excluding hydrogens is 200 g/mol. The molecule has 88 valence electrons. The summed E-state index contributed by atoms with van der Waals surface area (Å²) in [6.45, 7) is 6.47. The van der Waals surface area contributed by atoms with Crippen LogP contribution in [0, 0.1) is 11.8 Å². The Morgan fingerprint density at radius 2 is 1.88 bits per heavy atom. The molecular formula is C14H20O2. The highest BCUT2D eigenvalue weighted by Crippen LogP contribution is 2.16. The molecule has 0 radical (unpaired) electrons. The first-order valence-electron chi connectivity index (χ1n) is 5.85. The minimum Gasteiger partial charge on any atom is -0.461 e. The average Bonchev–Trinajstić information content (AvgIpc) is 2.35. The average molecular weight is 220 g/mol. The lowest BCUT2D eigenvalue weighted by molar-refractivity contribution is -0.151. The van der Waals surface area contributed by atoms with Gasteiger partial charge in [-0.3, -0.25) is 4.79 Å². The first-order valence-corrected chi connectivity index (χ1v) is 5.85. The summed E-state index contributed by atoms with van der Waals surface area (Å²) < 4.78 is 5.27. The van der Waals surface area contributed by atoms with Crippen LogP contribution in [-0.4, -0.2) is 5.97 Å². The fourth-order valence-electron chi connectivity index (χ4n) is 1.45. The highest BCUT2D eigenvalue weighted by molar-refractivity contribution is 5.72. The Morgan fingerprint density at radius 1 is 1.25 bits per heavy atom. The summed E-state index contributed by atoms with van der Waals surface area (Å²) in [6, 6.07) is 9.76. The van der Waals surface area contributed by atoms with Crippen molar-refractivity contribution in [2.75, 3.05) is 0 Å². The maximum Gasteiger partial charge on any atom is 0.309 e. The monoisotopic (exact) mass is 220 g/mol. The summed E-state index contributed by atoms with van der Waals surface area (Å²) in [4.78, 5) is 11.7. The predicted octanol–water partition coefficient (Wildman–Crippen LogP) is 3.41. The molecule has 0 bridgehead atoms. The van der Waals surface area contributed by atoms with Crippen LogP contribution >= 0.6 is 0 Å². The molecule has 0 saturated carbocycles. The van der Waals surface area contributed by atoms with E-state index in [0.717, 1.165) is 12.0 Å². The van der Waals surface area contributed by atoms with Crippen molar-refractivity contribution in [2.45, 2.75) is 33.8 Å². The summed E-state index contributed by atoms with van der Waals surface area (Å²) in [6.07, 6.45) is 1.00. The second kappa shape index (κ2) is 6.31. The van der Waals surface area contributed by atoms with Crippen molar-refractivity contribution in [3.05, 3.63) is 35.9 Å². The molecule has 1 rings (SSSR count). The third kappa shape index (κ3) is 3.69. The molecule has 0 aliphatic carbocycles. The van der Waals surface area contributed by atoms with Crippen molar-refractivity contribution in [2.24, 2.45) is 11.8 Å². The molecule has 2 atom stereocenters. The van der Waals surface area contributed by atoms with Crippen LogP contribution in [-0.2, 0) is 16.1 Å². The molecule has 0 aliphatic rings. The number of hydrogen-bond donors (Lipinski definition) is 0. The Morgan fingerprint density at radius 3 is 2.44 bits per heavy atom. The van der Waals surface area contributed by atoms with Crippen LogP contribution < -0.4 is 0 Å². The van der Waals surface area contributed by atoms with Crippen molar-refractivity contribution in [3.8, 4) is 0 Å². The van der Waals surface area contributed by atoms with Crippen molar-refractivity contribution in [3.63, 3.8) is 0 Å². The standard InChI is InChI=1S/C14H20O2/c1-4-11(2)12(3)14(15)16-10-13-8-6-5-7-9-13/h5-9,11-12H,4,10H2,1-3H3/t11?,12-/m0/s1. The van der Waals surface area contributed by atoms with Crippen molar-refractivity contribution in [1.29, 1.82) is 0 Å². The van der Waals surface area contributed by atoms with Crippen LogP contribution in [0.5, 0.6) is 0 Å². The number of carbonyl (C=O) groups excluding carboxylic acids is 1. The second-order valence-corrected chi connectivity index (χ2v) is 4.27. The fourth-order valence-corrected chi connectivity index (χ4v) is 1.45. The molecule has 0 spiro atoms. The van der Waals surface area contributed by atoms with E-state index in [0.29, 0.717) is 12.5 Å². The third-order valence-corrected chi connectivity index (χ3v) is 3.09. The summed E-state index contributed by atoms with van der Waals surface area (Å²) in [5, 5.41) is 0. The normalized spacial score (nSPS) is 14.2. The molecule has 2 nitrogen and oxygen atoms in total. The smallest absolute Gasteiger partial charge is 0.309 e.